The number of aliphatic hydroxyl groups is 1. The first kappa shape index (κ1) is 13.5. The predicted octanol–water partition coefficient (Wildman–Crippen LogP) is 1.11. The summed E-state index contributed by atoms with van der Waals surface area (Å²) < 4.78 is 1.99. The van der Waals surface area contributed by atoms with Gasteiger partial charge in [-0.05, 0) is 25.7 Å². The van der Waals surface area contributed by atoms with Gasteiger partial charge in [-0.2, -0.15) is 16.9 Å². The van der Waals surface area contributed by atoms with E-state index in [2.05, 4.69) is 23.6 Å². The number of thioether (sulfide) groups is 1. The Bertz CT molecular complexity index is 285. The summed E-state index contributed by atoms with van der Waals surface area (Å²) in [6.45, 7) is 4.05. The van der Waals surface area contributed by atoms with Crippen LogP contribution in [-0.4, -0.2) is 39.5 Å². The van der Waals surface area contributed by atoms with Crippen molar-refractivity contribution < 1.29 is 5.11 Å². The molecule has 92 valence electrons. The maximum atomic E-state index is 8.95. The number of aromatic nitrogens is 2. The summed E-state index contributed by atoms with van der Waals surface area (Å²) in [5, 5.41) is 16.6. The lowest BCUT2D eigenvalue weighted by molar-refractivity contribution is 0.269. The van der Waals surface area contributed by atoms with Crippen LogP contribution >= 0.6 is 11.8 Å². The van der Waals surface area contributed by atoms with Crippen molar-refractivity contribution in [3.63, 3.8) is 0 Å². The molecule has 1 unspecified atom stereocenters. The van der Waals surface area contributed by atoms with Crippen LogP contribution in [0.3, 0.4) is 0 Å². The average Bonchev–Trinajstić information content (AvgIpc) is 2.74. The van der Waals surface area contributed by atoms with Crippen LogP contribution in [0, 0.1) is 0 Å². The van der Waals surface area contributed by atoms with Crippen molar-refractivity contribution >= 4 is 11.8 Å². The second-order valence-corrected chi connectivity index (χ2v) is 4.59. The molecule has 1 atom stereocenters. The van der Waals surface area contributed by atoms with Crippen LogP contribution in [0.25, 0.3) is 0 Å². The summed E-state index contributed by atoms with van der Waals surface area (Å²) in [4.78, 5) is 0. The second kappa shape index (κ2) is 7.70. The molecule has 1 rings (SSSR count). The van der Waals surface area contributed by atoms with Gasteiger partial charge in [0.1, 0.15) is 0 Å². The Morgan fingerprint density at radius 1 is 1.62 bits per heavy atom. The van der Waals surface area contributed by atoms with Crippen molar-refractivity contribution in [1.29, 1.82) is 0 Å². The van der Waals surface area contributed by atoms with Crippen molar-refractivity contribution in [1.82, 2.24) is 15.1 Å². The third-order valence-corrected chi connectivity index (χ3v) is 3.26. The van der Waals surface area contributed by atoms with Gasteiger partial charge in [-0.15, -0.1) is 0 Å². The Balaban J connectivity index is 2.41. The Hall–Kier alpha value is -0.520. The lowest BCUT2D eigenvalue weighted by atomic mass is 10.2. The first-order valence-electron chi connectivity index (χ1n) is 5.65. The minimum absolute atomic E-state index is 0.241. The molecule has 1 aromatic heterocycles. The highest BCUT2D eigenvalue weighted by atomic mass is 32.2. The van der Waals surface area contributed by atoms with E-state index in [-0.39, 0.29) is 6.61 Å². The summed E-state index contributed by atoms with van der Waals surface area (Å²) in [5.74, 6) is 1.03. The molecule has 0 spiro atoms. The molecule has 0 fully saturated rings. The van der Waals surface area contributed by atoms with Crippen molar-refractivity contribution in [2.75, 3.05) is 18.6 Å². The SMILES string of the molecule is CCn1nccc1CNC(CCO)CSC. The number of nitrogens with one attached hydrogen (secondary N) is 1. The van der Waals surface area contributed by atoms with Gasteiger partial charge in [0, 0.05) is 37.7 Å². The lowest BCUT2D eigenvalue weighted by Crippen LogP contribution is -2.32. The molecule has 2 N–H and O–H groups in total. The van der Waals surface area contributed by atoms with E-state index in [0.717, 1.165) is 25.3 Å². The molecule has 5 heteroatoms. The maximum absolute atomic E-state index is 8.95. The molecular formula is C11H21N3OS. The Morgan fingerprint density at radius 2 is 2.44 bits per heavy atom. The number of nitrogens with zero attached hydrogens (tertiary/aromatic N) is 2. The molecule has 1 heterocycles. The van der Waals surface area contributed by atoms with E-state index in [1.165, 1.54) is 5.69 Å². The monoisotopic (exact) mass is 243 g/mol. The van der Waals surface area contributed by atoms with E-state index >= 15 is 0 Å². The highest BCUT2D eigenvalue weighted by Gasteiger charge is 2.08. The molecule has 4 nitrogen and oxygen atoms in total. The molecule has 0 aliphatic rings. The molecule has 16 heavy (non-hydrogen) atoms. The van der Waals surface area contributed by atoms with E-state index in [4.69, 9.17) is 5.11 Å². The second-order valence-electron chi connectivity index (χ2n) is 3.68. The largest absolute Gasteiger partial charge is 0.396 e. The van der Waals surface area contributed by atoms with Crippen molar-refractivity contribution in [3.05, 3.63) is 18.0 Å². The molecule has 0 radical (unpaired) electrons. The van der Waals surface area contributed by atoms with Crippen molar-refractivity contribution in [2.45, 2.75) is 32.5 Å². The molecule has 0 saturated heterocycles. The van der Waals surface area contributed by atoms with Crippen LogP contribution in [0.4, 0.5) is 0 Å². The third kappa shape index (κ3) is 4.15. The minimum atomic E-state index is 0.241. The van der Waals surface area contributed by atoms with Crippen LogP contribution in [0.2, 0.25) is 0 Å². The van der Waals surface area contributed by atoms with Crippen molar-refractivity contribution in [3.8, 4) is 0 Å². The fourth-order valence-electron chi connectivity index (χ4n) is 1.65. The zero-order valence-corrected chi connectivity index (χ0v) is 10.8. The maximum Gasteiger partial charge on any atom is 0.0522 e. The molecule has 1 aromatic rings. The molecular weight excluding hydrogens is 222 g/mol. The van der Waals surface area contributed by atoms with Crippen LogP contribution < -0.4 is 5.32 Å². The number of rotatable bonds is 8. The summed E-state index contributed by atoms with van der Waals surface area (Å²) >= 11 is 1.80. The zero-order valence-electron chi connectivity index (χ0n) is 10.0. The average molecular weight is 243 g/mol. The lowest BCUT2D eigenvalue weighted by Gasteiger charge is -2.16. The van der Waals surface area contributed by atoms with Gasteiger partial charge >= 0.3 is 0 Å². The van der Waals surface area contributed by atoms with E-state index in [1.54, 1.807) is 11.8 Å². The standard InChI is InChI=1S/C11H21N3OS/c1-3-14-11(4-6-13-14)8-12-10(5-7-15)9-16-2/h4,6,10,12,15H,3,5,7-9H2,1-2H3. The molecule has 0 aliphatic carbocycles. The van der Waals surface area contributed by atoms with Gasteiger partial charge in [0.15, 0.2) is 0 Å². The van der Waals surface area contributed by atoms with E-state index in [9.17, 15) is 0 Å². The van der Waals surface area contributed by atoms with Gasteiger partial charge in [0.25, 0.3) is 0 Å². The highest BCUT2D eigenvalue weighted by molar-refractivity contribution is 7.98. The molecule has 0 aliphatic heterocycles. The van der Waals surface area contributed by atoms with E-state index in [1.807, 2.05) is 16.9 Å². The number of hydrogen-bond donors (Lipinski definition) is 2. The number of hydrogen-bond acceptors (Lipinski definition) is 4. The van der Waals surface area contributed by atoms with Crippen LogP contribution in [0.5, 0.6) is 0 Å². The highest BCUT2D eigenvalue weighted by Crippen LogP contribution is 2.04. The van der Waals surface area contributed by atoms with E-state index < -0.39 is 0 Å². The quantitative estimate of drug-likeness (QED) is 0.718. The number of aryl methyl sites for hydroxylation is 1. The Kier molecular flexibility index (Phi) is 6.52. The Morgan fingerprint density at radius 3 is 3.06 bits per heavy atom. The molecule has 0 saturated carbocycles. The summed E-state index contributed by atoms with van der Waals surface area (Å²) in [7, 11) is 0. The smallest absolute Gasteiger partial charge is 0.0522 e. The van der Waals surface area contributed by atoms with Gasteiger partial charge in [0.2, 0.25) is 0 Å². The van der Waals surface area contributed by atoms with Gasteiger partial charge < -0.3 is 10.4 Å². The van der Waals surface area contributed by atoms with Crippen molar-refractivity contribution in [2.24, 2.45) is 0 Å². The van der Waals surface area contributed by atoms with E-state index in [0.29, 0.717) is 6.04 Å². The molecule has 0 bridgehead atoms. The zero-order chi connectivity index (χ0) is 11.8. The first-order chi connectivity index (χ1) is 7.81. The van der Waals surface area contributed by atoms with Gasteiger partial charge in [-0.25, -0.2) is 0 Å². The predicted molar refractivity (Wildman–Crippen MR) is 68.6 cm³/mol. The first-order valence-corrected chi connectivity index (χ1v) is 7.05. The number of aliphatic hydroxyl groups excluding tert-OH is 1. The fraction of sp³-hybridized carbons (Fsp3) is 0.727. The van der Waals surface area contributed by atoms with Crippen LogP contribution in [0.1, 0.15) is 19.0 Å². The summed E-state index contributed by atoms with van der Waals surface area (Å²) in [6, 6.07) is 2.41. The minimum Gasteiger partial charge on any atom is -0.396 e. The molecule has 0 amide bonds. The Labute approximate surface area is 101 Å². The topological polar surface area (TPSA) is 50.1 Å². The summed E-state index contributed by atoms with van der Waals surface area (Å²) in [6.07, 6.45) is 4.72. The van der Waals surface area contributed by atoms with Gasteiger partial charge in [-0.1, -0.05) is 0 Å². The fourth-order valence-corrected chi connectivity index (χ4v) is 2.33. The van der Waals surface area contributed by atoms with Gasteiger partial charge in [0.05, 0.1) is 5.69 Å². The molecule has 0 aromatic carbocycles. The van der Waals surface area contributed by atoms with Crippen LogP contribution in [-0.2, 0) is 13.1 Å². The third-order valence-electron chi connectivity index (χ3n) is 2.52. The normalized spacial score (nSPS) is 12.9. The van der Waals surface area contributed by atoms with Crippen LogP contribution in [0.15, 0.2) is 12.3 Å². The summed E-state index contributed by atoms with van der Waals surface area (Å²) in [5.41, 5.74) is 1.20. The van der Waals surface area contributed by atoms with Gasteiger partial charge in [-0.3, -0.25) is 4.68 Å².